The normalized spacial score (nSPS) is 20.9. The summed E-state index contributed by atoms with van der Waals surface area (Å²) >= 11 is 1.02. The molecule has 0 unspecified atom stereocenters. The first kappa shape index (κ1) is 13.2. The van der Waals surface area contributed by atoms with Gasteiger partial charge in [0.1, 0.15) is 0 Å². The Bertz CT molecular complexity index is 544. The topological polar surface area (TPSA) is 107 Å². The number of aliphatic carboxylic acids is 1. The Morgan fingerprint density at radius 3 is 3.11 bits per heavy atom. The van der Waals surface area contributed by atoms with Crippen molar-refractivity contribution in [1.29, 1.82) is 0 Å². The highest BCUT2D eigenvalue weighted by Crippen LogP contribution is 2.21. The number of amidine groups is 1. The number of amides is 1. The maximum Gasteiger partial charge on any atom is 0.239 e. The number of carbonyl (C=O) groups is 2. The number of carboxylic acids is 1. The van der Waals surface area contributed by atoms with E-state index >= 15 is 0 Å². The Morgan fingerprint density at radius 2 is 2.42 bits per heavy atom. The number of rotatable bonds is 4. The summed E-state index contributed by atoms with van der Waals surface area (Å²) in [6, 6.07) is 5.34. The number of nitrogens with zero attached hydrogens (tertiary/aromatic N) is 3. The van der Waals surface area contributed by atoms with Gasteiger partial charge in [0.05, 0.1) is 17.2 Å². The van der Waals surface area contributed by atoms with Gasteiger partial charge in [-0.1, -0.05) is 17.8 Å². The maximum absolute atomic E-state index is 11.4. The lowest BCUT2D eigenvalue weighted by molar-refractivity contribution is -0.305. The third kappa shape index (κ3) is 3.88. The fourth-order valence-corrected chi connectivity index (χ4v) is 2.24. The van der Waals surface area contributed by atoms with Crippen molar-refractivity contribution in [3.05, 3.63) is 30.1 Å². The highest BCUT2D eigenvalue weighted by atomic mass is 32.2. The smallest absolute Gasteiger partial charge is 0.239 e. The van der Waals surface area contributed by atoms with Crippen LogP contribution >= 0.6 is 11.8 Å². The van der Waals surface area contributed by atoms with E-state index in [1.54, 1.807) is 18.3 Å². The second-order valence-electron chi connectivity index (χ2n) is 3.58. The van der Waals surface area contributed by atoms with Gasteiger partial charge >= 0.3 is 0 Å². The van der Waals surface area contributed by atoms with Crippen molar-refractivity contribution in [2.45, 2.75) is 11.7 Å². The lowest BCUT2D eigenvalue weighted by Crippen LogP contribution is -2.31. The summed E-state index contributed by atoms with van der Waals surface area (Å²) in [5, 5.41) is 20.0. The van der Waals surface area contributed by atoms with Crippen molar-refractivity contribution in [2.24, 2.45) is 10.2 Å². The van der Waals surface area contributed by atoms with Crippen molar-refractivity contribution in [2.75, 3.05) is 0 Å². The number of nitrogens with one attached hydrogen (secondary N) is 1. The van der Waals surface area contributed by atoms with E-state index in [1.807, 2.05) is 6.07 Å². The molecule has 0 saturated carbocycles. The van der Waals surface area contributed by atoms with Crippen molar-refractivity contribution in [1.82, 2.24) is 10.3 Å². The molecule has 98 valence electrons. The van der Waals surface area contributed by atoms with E-state index in [9.17, 15) is 14.7 Å². The van der Waals surface area contributed by atoms with Crippen LogP contribution in [-0.2, 0) is 9.59 Å². The molecule has 1 saturated heterocycles. The minimum absolute atomic E-state index is 0.267. The average molecular weight is 277 g/mol. The summed E-state index contributed by atoms with van der Waals surface area (Å²) < 4.78 is 0. The van der Waals surface area contributed by atoms with Crippen molar-refractivity contribution < 1.29 is 14.7 Å². The molecule has 2 heterocycles. The van der Waals surface area contributed by atoms with Gasteiger partial charge in [0, 0.05) is 18.6 Å². The first-order chi connectivity index (χ1) is 9.15. The van der Waals surface area contributed by atoms with Gasteiger partial charge in [-0.15, -0.1) is 5.10 Å². The summed E-state index contributed by atoms with van der Waals surface area (Å²) in [6.45, 7) is 0. The lowest BCUT2D eigenvalue weighted by Gasteiger charge is -2.04. The highest BCUT2D eigenvalue weighted by molar-refractivity contribution is 8.15. The van der Waals surface area contributed by atoms with Crippen LogP contribution in [0.2, 0.25) is 0 Å². The van der Waals surface area contributed by atoms with E-state index in [0.29, 0.717) is 5.69 Å². The number of carboxylic acid groups (broad SMARTS) is 1. The molecule has 0 aromatic carbocycles. The molecule has 8 heteroatoms. The molecule has 0 aliphatic carbocycles. The van der Waals surface area contributed by atoms with Crippen LogP contribution in [0, 0.1) is 0 Å². The number of hydrogen-bond donors (Lipinski definition) is 1. The molecule has 2 rings (SSSR count). The Hall–Kier alpha value is -2.22. The first-order valence-corrected chi connectivity index (χ1v) is 6.22. The maximum atomic E-state index is 11.4. The Kier molecular flexibility index (Phi) is 4.24. The van der Waals surface area contributed by atoms with Crippen molar-refractivity contribution in [3.8, 4) is 0 Å². The molecule has 0 bridgehead atoms. The zero-order chi connectivity index (χ0) is 13.7. The molecular weight excluding hydrogens is 268 g/mol. The summed E-state index contributed by atoms with van der Waals surface area (Å²) in [6.07, 6.45) is 2.71. The van der Waals surface area contributed by atoms with Gasteiger partial charge in [0.2, 0.25) is 5.91 Å². The SMILES string of the molecule is O=C([O-])C[C@H]1S/C(=N\N=C/c2ccccn2)NC1=O. The number of carbonyl (C=O) groups excluding carboxylic acids is 2. The molecule has 1 aromatic rings. The molecule has 19 heavy (non-hydrogen) atoms. The first-order valence-electron chi connectivity index (χ1n) is 5.34. The predicted molar refractivity (Wildman–Crippen MR) is 68.4 cm³/mol. The molecule has 1 aliphatic rings. The van der Waals surface area contributed by atoms with Crippen LogP contribution < -0.4 is 10.4 Å². The Balaban J connectivity index is 1.96. The van der Waals surface area contributed by atoms with Crippen molar-refractivity contribution >= 4 is 35.0 Å². The molecule has 1 atom stereocenters. The third-order valence-electron chi connectivity index (χ3n) is 2.15. The van der Waals surface area contributed by atoms with Crippen LogP contribution in [0.1, 0.15) is 12.1 Å². The third-order valence-corrected chi connectivity index (χ3v) is 3.23. The summed E-state index contributed by atoms with van der Waals surface area (Å²) in [5.41, 5.74) is 0.632. The van der Waals surface area contributed by atoms with Gasteiger partial charge in [-0.05, 0) is 12.1 Å². The molecule has 1 amide bonds. The second-order valence-corrected chi connectivity index (χ2v) is 4.77. The largest absolute Gasteiger partial charge is 0.550 e. The fraction of sp³-hybridized carbons (Fsp3) is 0.182. The van der Waals surface area contributed by atoms with E-state index in [0.717, 1.165) is 11.8 Å². The Labute approximate surface area is 112 Å². The molecular formula is C11H9N4O3S-. The van der Waals surface area contributed by atoms with Crippen LogP contribution in [0.5, 0.6) is 0 Å². The highest BCUT2D eigenvalue weighted by Gasteiger charge is 2.30. The quantitative estimate of drug-likeness (QED) is 0.569. The summed E-state index contributed by atoms with van der Waals surface area (Å²) in [4.78, 5) is 25.8. The summed E-state index contributed by atoms with van der Waals surface area (Å²) in [5.74, 6) is -1.67. The lowest BCUT2D eigenvalue weighted by atomic mass is 10.3. The zero-order valence-electron chi connectivity index (χ0n) is 9.65. The van der Waals surface area contributed by atoms with Crippen LogP contribution in [0.4, 0.5) is 0 Å². The van der Waals surface area contributed by atoms with Gasteiger partial charge in [0.25, 0.3) is 0 Å². The second kappa shape index (κ2) is 6.10. The fourth-order valence-electron chi connectivity index (χ4n) is 1.33. The van der Waals surface area contributed by atoms with Gasteiger partial charge in [-0.25, -0.2) is 0 Å². The molecule has 1 fully saturated rings. The number of thioether (sulfide) groups is 1. The van der Waals surface area contributed by atoms with Crippen LogP contribution in [0.3, 0.4) is 0 Å². The van der Waals surface area contributed by atoms with Gasteiger partial charge in [-0.3, -0.25) is 9.78 Å². The van der Waals surface area contributed by atoms with Gasteiger partial charge in [0.15, 0.2) is 5.17 Å². The van der Waals surface area contributed by atoms with E-state index in [4.69, 9.17) is 0 Å². The van der Waals surface area contributed by atoms with Gasteiger partial charge in [-0.2, -0.15) is 5.10 Å². The predicted octanol–water partition coefficient (Wildman–Crippen LogP) is -0.857. The molecule has 1 aromatic heterocycles. The minimum Gasteiger partial charge on any atom is -0.550 e. The standard InChI is InChI=1S/C11H10N4O3S/c16-9(17)5-8-10(18)14-11(19-8)15-13-6-7-3-1-2-4-12-7/h1-4,6,8H,5H2,(H,16,17)(H,14,15,18)/p-1/b13-6-/t8-/m1/s1. The molecule has 1 N–H and O–H groups in total. The van der Waals surface area contributed by atoms with E-state index in [1.165, 1.54) is 6.21 Å². The van der Waals surface area contributed by atoms with Crippen LogP contribution in [-0.4, -0.2) is 33.5 Å². The minimum atomic E-state index is -1.27. The van der Waals surface area contributed by atoms with Crippen LogP contribution in [0.25, 0.3) is 0 Å². The molecule has 0 radical (unpaired) electrons. The van der Waals surface area contributed by atoms with Crippen molar-refractivity contribution in [3.63, 3.8) is 0 Å². The number of pyridine rings is 1. The number of aromatic nitrogens is 1. The molecule has 1 aliphatic heterocycles. The van der Waals surface area contributed by atoms with E-state index in [-0.39, 0.29) is 11.6 Å². The Morgan fingerprint density at radius 1 is 1.58 bits per heavy atom. The summed E-state index contributed by atoms with van der Waals surface area (Å²) in [7, 11) is 0. The van der Waals surface area contributed by atoms with E-state index < -0.39 is 17.1 Å². The van der Waals surface area contributed by atoms with E-state index in [2.05, 4.69) is 20.5 Å². The molecule has 0 spiro atoms. The molecule has 7 nitrogen and oxygen atoms in total. The number of hydrogen-bond acceptors (Lipinski definition) is 7. The van der Waals surface area contributed by atoms with Gasteiger partial charge < -0.3 is 15.2 Å². The monoisotopic (exact) mass is 277 g/mol. The average Bonchev–Trinajstić information content (AvgIpc) is 2.70. The van der Waals surface area contributed by atoms with Crippen LogP contribution in [0.15, 0.2) is 34.6 Å². The zero-order valence-corrected chi connectivity index (χ0v) is 10.5.